The number of sulfone groups is 1. The number of aromatic nitrogens is 2. The lowest BCUT2D eigenvalue weighted by Crippen LogP contribution is -2.47. The second-order valence-electron chi connectivity index (χ2n) is 6.07. The molecule has 22 heavy (non-hydrogen) atoms. The number of nitrogens with zero attached hydrogens (tertiary/aromatic N) is 3. The number of amides is 1. The van der Waals surface area contributed by atoms with Crippen molar-refractivity contribution in [2.45, 2.75) is 32.4 Å². The van der Waals surface area contributed by atoms with Gasteiger partial charge in [0, 0.05) is 12.2 Å². The Hall–Kier alpha value is -1.41. The Morgan fingerprint density at radius 1 is 1.45 bits per heavy atom. The third-order valence-electron chi connectivity index (χ3n) is 4.46. The van der Waals surface area contributed by atoms with Crippen LogP contribution in [0.3, 0.4) is 0 Å². The van der Waals surface area contributed by atoms with E-state index < -0.39 is 9.84 Å². The van der Waals surface area contributed by atoms with Crippen LogP contribution in [0.5, 0.6) is 0 Å². The van der Waals surface area contributed by atoms with E-state index in [1.165, 1.54) is 0 Å². The van der Waals surface area contributed by atoms with E-state index in [4.69, 9.17) is 4.74 Å². The number of rotatable bonds is 2. The summed E-state index contributed by atoms with van der Waals surface area (Å²) in [5.74, 6) is 0.248. The molecule has 3 rings (SSSR count). The molecule has 1 aromatic rings. The Labute approximate surface area is 130 Å². The summed E-state index contributed by atoms with van der Waals surface area (Å²) in [6.45, 7) is 5.45. The molecule has 2 fully saturated rings. The molecule has 0 saturated carbocycles. The predicted molar refractivity (Wildman–Crippen MR) is 80.6 cm³/mol. The van der Waals surface area contributed by atoms with Crippen molar-refractivity contribution in [3.8, 4) is 0 Å². The predicted octanol–water partition coefficient (Wildman–Crippen LogP) is 0.412. The smallest absolute Gasteiger partial charge is 0.257 e. The number of hydrogen-bond acceptors (Lipinski definition) is 5. The molecule has 122 valence electrons. The minimum Gasteiger partial charge on any atom is -0.377 e. The van der Waals surface area contributed by atoms with Crippen molar-refractivity contribution >= 4 is 15.7 Å². The van der Waals surface area contributed by atoms with E-state index in [9.17, 15) is 13.2 Å². The summed E-state index contributed by atoms with van der Waals surface area (Å²) in [6, 6.07) is -0.121. The van der Waals surface area contributed by atoms with E-state index in [1.807, 2.05) is 13.8 Å². The minimum atomic E-state index is -2.97. The highest BCUT2D eigenvalue weighted by molar-refractivity contribution is 7.91. The first kappa shape index (κ1) is 15.5. The number of hydrogen-bond donors (Lipinski definition) is 0. The van der Waals surface area contributed by atoms with Crippen molar-refractivity contribution in [2.24, 2.45) is 0 Å². The molecule has 3 heterocycles. The lowest BCUT2D eigenvalue weighted by molar-refractivity contribution is 0.00354. The van der Waals surface area contributed by atoms with Gasteiger partial charge in [0.2, 0.25) is 0 Å². The first-order valence-electron chi connectivity index (χ1n) is 7.52. The monoisotopic (exact) mass is 327 g/mol. The van der Waals surface area contributed by atoms with Gasteiger partial charge in [0.15, 0.2) is 9.84 Å². The van der Waals surface area contributed by atoms with Gasteiger partial charge >= 0.3 is 0 Å². The second kappa shape index (κ2) is 5.66. The summed E-state index contributed by atoms with van der Waals surface area (Å²) in [5, 5.41) is 4.28. The normalized spacial score (nSPS) is 28.0. The van der Waals surface area contributed by atoms with Gasteiger partial charge in [-0.15, -0.1) is 0 Å². The van der Waals surface area contributed by atoms with E-state index in [0.29, 0.717) is 31.7 Å². The van der Waals surface area contributed by atoms with Crippen LogP contribution in [0, 0.1) is 6.92 Å². The van der Waals surface area contributed by atoms with Gasteiger partial charge in [-0.1, -0.05) is 0 Å². The van der Waals surface area contributed by atoms with Gasteiger partial charge in [0.05, 0.1) is 48.6 Å². The Morgan fingerprint density at radius 3 is 2.86 bits per heavy atom. The van der Waals surface area contributed by atoms with Crippen LogP contribution in [0.25, 0.3) is 0 Å². The van der Waals surface area contributed by atoms with Crippen LogP contribution in [0.1, 0.15) is 35.4 Å². The van der Waals surface area contributed by atoms with Crippen LogP contribution in [0.15, 0.2) is 6.20 Å². The van der Waals surface area contributed by atoms with Gasteiger partial charge in [-0.25, -0.2) is 8.42 Å². The van der Waals surface area contributed by atoms with Gasteiger partial charge in [0.25, 0.3) is 5.91 Å². The van der Waals surface area contributed by atoms with Crippen LogP contribution in [0.4, 0.5) is 0 Å². The molecule has 0 aliphatic carbocycles. The number of carbonyl (C=O) groups is 1. The molecule has 0 aromatic carbocycles. The Morgan fingerprint density at radius 2 is 2.23 bits per heavy atom. The molecule has 2 saturated heterocycles. The Balaban J connectivity index is 1.83. The minimum absolute atomic E-state index is 0.0378. The van der Waals surface area contributed by atoms with Gasteiger partial charge in [-0.05, 0) is 20.3 Å². The molecule has 0 N–H and O–H groups in total. The summed E-state index contributed by atoms with van der Waals surface area (Å²) in [7, 11) is -2.97. The van der Waals surface area contributed by atoms with E-state index in [0.717, 1.165) is 5.69 Å². The molecule has 2 unspecified atom stereocenters. The number of morpholine rings is 1. The second-order valence-corrected chi connectivity index (χ2v) is 8.30. The maximum Gasteiger partial charge on any atom is 0.257 e. The van der Waals surface area contributed by atoms with Crippen LogP contribution in [-0.4, -0.2) is 66.3 Å². The summed E-state index contributed by atoms with van der Waals surface area (Å²) in [5.41, 5.74) is 1.30. The molecule has 8 heteroatoms. The third-order valence-corrected chi connectivity index (χ3v) is 6.21. The number of carbonyl (C=O) groups excluding carboxylic acids is 1. The van der Waals surface area contributed by atoms with E-state index in [1.54, 1.807) is 15.8 Å². The largest absolute Gasteiger partial charge is 0.377 e. The highest BCUT2D eigenvalue weighted by Gasteiger charge is 2.33. The van der Waals surface area contributed by atoms with Crippen LogP contribution < -0.4 is 0 Å². The fraction of sp³-hybridized carbons (Fsp3) is 0.714. The van der Waals surface area contributed by atoms with Crippen molar-refractivity contribution < 1.29 is 17.9 Å². The summed E-state index contributed by atoms with van der Waals surface area (Å²) in [6.07, 6.45) is 2.12. The van der Waals surface area contributed by atoms with Crippen molar-refractivity contribution in [3.05, 3.63) is 17.5 Å². The topological polar surface area (TPSA) is 81.5 Å². The number of ether oxygens (including phenoxy) is 1. The zero-order valence-electron chi connectivity index (χ0n) is 12.9. The Bertz CT molecular complexity index is 682. The zero-order valence-corrected chi connectivity index (χ0v) is 13.7. The molecule has 0 radical (unpaired) electrons. The average Bonchev–Trinajstić information content (AvgIpc) is 3.01. The highest BCUT2D eigenvalue weighted by atomic mass is 32.2. The molecule has 0 bridgehead atoms. The lowest BCUT2D eigenvalue weighted by atomic mass is 10.1. The SMILES string of the molecule is Cc1c(C(=O)N2CCOCC2C)cnn1C1CCS(=O)(=O)C1. The summed E-state index contributed by atoms with van der Waals surface area (Å²) in [4.78, 5) is 14.5. The average molecular weight is 327 g/mol. The van der Waals surface area contributed by atoms with Crippen LogP contribution in [-0.2, 0) is 14.6 Å². The molecule has 0 spiro atoms. The molecule has 1 aromatic heterocycles. The Kier molecular flexibility index (Phi) is 3.98. The van der Waals surface area contributed by atoms with Gasteiger partial charge in [-0.2, -0.15) is 5.10 Å². The third kappa shape index (κ3) is 2.77. The maximum atomic E-state index is 12.7. The van der Waals surface area contributed by atoms with Gasteiger partial charge < -0.3 is 9.64 Å². The fourth-order valence-electron chi connectivity index (χ4n) is 3.15. The zero-order chi connectivity index (χ0) is 15.9. The van der Waals surface area contributed by atoms with Crippen molar-refractivity contribution in [1.82, 2.24) is 14.7 Å². The van der Waals surface area contributed by atoms with Crippen molar-refractivity contribution in [3.63, 3.8) is 0 Å². The molecular weight excluding hydrogens is 306 g/mol. The fourth-order valence-corrected chi connectivity index (χ4v) is 4.85. The first-order valence-corrected chi connectivity index (χ1v) is 9.34. The van der Waals surface area contributed by atoms with Crippen molar-refractivity contribution in [1.29, 1.82) is 0 Å². The van der Waals surface area contributed by atoms with Gasteiger partial charge in [-0.3, -0.25) is 9.48 Å². The maximum absolute atomic E-state index is 12.7. The van der Waals surface area contributed by atoms with Crippen molar-refractivity contribution in [2.75, 3.05) is 31.3 Å². The van der Waals surface area contributed by atoms with Gasteiger partial charge in [0.1, 0.15) is 0 Å². The molecule has 2 aliphatic heterocycles. The highest BCUT2D eigenvalue weighted by Crippen LogP contribution is 2.26. The molecule has 2 aliphatic rings. The quantitative estimate of drug-likeness (QED) is 0.786. The van der Waals surface area contributed by atoms with Crippen LogP contribution >= 0.6 is 0 Å². The molecule has 1 amide bonds. The van der Waals surface area contributed by atoms with Crippen LogP contribution in [0.2, 0.25) is 0 Å². The summed E-state index contributed by atoms with van der Waals surface area (Å²) < 4.78 is 30.3. The molecular formula is C14H21N3O4S. The van der Waals surface area contributed by atoms with E-state index >= 15 is 0 Å². The molecule has 2 atom stereocenters. The standard InChI is InChI=1S/C14H21N3O4S/c1-10-8-21-5-4-16(10)14(18)13-7-15-17(11(13)2)12-3-6-22(19,20)9-12/h7,10,12H,3-6,8-9H2,1-2H3. The lowest BCUT2D eigenvalue weighted by Gasteiger charge is -2.33. The van der Waals surface area contributed by atoms with E-state index in [2.05, 4.69) is 5.10 Å². The first-order chi connectivity index (χ1) is 10.4. The molecule has 7 nitrogen and oxygen atoms in total. The summed E-state index contributed by atoms with van der Waals surface area (Å²) >= 11 is 0. The van der Waals surface area contributed by atoms with E-state index in [-0.39, 0.29) is 29.5 Å².